The molecule has 0 saturated heterocycles. The minimum atomic E-state index is 0.403. The van der Waals surface area contributed by atoms with Crippen molar-refractivity contribution in [1.82, 2.24) is 15.6 Å². The molecular weight excluding hydrogens is 284 g/mol. The summed E-state index contributed by atoms with van der Waals surface area (Å²) in [7, 11) is 0. The van der Waals surface area contributed by atoms with Gasteiger partial charge in [-0.1, -0.05) is 6.92 Å². The van der Waals surface area contributed by atoms with Crippen LogP contribution < -0.4 is 10.6 Å². The Morgan fingerprint density at radius 2 is 2.29 bits per heavy atom. The Labute approximate surface area is 132 Å². The van der Waals surface area contributed by atoms with Crippen LogP contribution in [0, 0.1) is 6.92 Å². The van der Waals surface area contributed by atoms with E-state index in [9.17, 15) is 0 Å². The van der Waals surface area contributed by atoms with Crippen molar-refractivity contribution in [1.29, 1.82) is 0 Å². The zero-order valence-corrected chi connectivity index (χ0v) is 14.4. The van der Waals surface area contributed by atoms with E-state index in [1.54, 1.807) is 11.3 Å². The SMILES string of the molecule is CCOCCCNC(=NCc1csc(C)n1)N[C@H](C)CC. The fraction of sp³-hybridized carbons (Fsp3) is 0.733. The van der Waals surface area contributed by atoms with E-state index in [-0.39, 0.29) is 0 Å². The van der Waals surface area contributed by atoms with Gasteiger partial charge in [-0.15, -0.1) is 11.3 Å². The smallest absolute Gasteiger partial charge is 0.191 e. The van der Waals surface area contributed by atoms with Crippen LogP contribution in [0.4, 0.5) is 0 Å². The molecule has 0 amide bonds. The zero-order valence-electron chi connectivity index (χ0n) is 13.6. The first-order chi connectivity index (χ1) is 10.2. The van der Waals surface area contributed by atoms with Crippen molar-refractivity contribution in [2.75, 3.05) is 19.8 Å². The van der Waals surface area contributed by atoms with E-state index in [0.717, 1.165) is 49.3 Å². The van der Waals surface area contributed by atoms with E-state index in [1.165, 1.54) is 0 Å². The molecular formula is C15H28N4OS. The van der Waals surface area contributed by atoms with Crippen LogP contribution in [0.3, 0.4) is 0 Å². The van der Waals surface area contributed by atoms with Crippen LogP contribution >= 0.6 is 11.3 Å². The average molecular weight is 312 g/mol. The Kier molecular flexibility index (Phi) is 9.01. The molecule has 120 valence electrons. The van der Waals surface area contributed by atoms with Gasteiger partial charge in [0, 0.05) is 31.2 Å². The molecule has 1 aromatic rings. The van der Waals surface area contributed by atoms with E-state index >= 15 is 0 Å². The van der Waals surface area contributed by atoms with E-state index in [0.29, 0.717) is 12.6 Å². The average Bonchev–Trinajstić information content (AvgIpc) is 2.89. The number of aliphatic imine (C=N–C) groups is 1. The number of aryl methyl sites for hydroxylation is 1. The fourth-order valence-corrected chi connectivity index (χ4v) is 2.26. The molecule has 1 aromatic heterocycles. The van der Waals surface area contributed by atoms with Crippen LogP contribution in [-0.4, -0.2) is 36.7 Å². The lowest BCUT2D eigenvalue weighted by Gasteiger charge is -2.17. The molecule has 0 bridgehead atoms. The van der Waals surface area contributed by atoms with Crippen molar-refractivity contribution in [3.63, 3.8) is 0 Å². The standard InChI is InChI=1S/C15H28N4OS/c1-5-12(3)18-15(16-8-7-9-20-6-2)17-10-14-11-21-13(4)19-14/h11-12H,5-10H2,1-4H3,(H2,16,17,18)/t12-/m1/s1. The number of nitrogens with zero attached hydrogens (tertiary/aromatic N) is 2. The van der Waals surface area contributed by atoms with Crippen LogP contribution in [0.2, 0.25) is 0 Å². The molecule has 6 heteroatoms. The van der Waals surface area contributed by atoms with Crippen LogP contribution in [0.5, 0.6) is 0 Å². The number of aromatic nitrogens is 1. The largest absolute Gasteiger partial charge is 0.382 e. The van der Waals surface area contributed by atoms with Crippen LogP contribution in [0.1, 0.15) is 44.3 Å². The number of guanidine groups is 1. The predicted octanol–water partition coefficient (Wildman–Crippen LogP) is 2.71. The first kappa shape index (κ1) is 17.9. The molecule has 1 rings (SSSR count). The Bertz CT molecular complexity index is 420. The molecule has 2 N–H and O–H groups in total. The summed E-state index contributed by atoms with van der Waals surface area (Å²) in [5.41, 5.74) is 1.03. The summed E-state index contributed by atoms with van der Waals surface area (Å²) in [6, 6.07) is 0.403. The molecule has 0 saturated carbocycles. The first-order valence-corrected chi connectivity index (χ1v) is 8.57. The molecule has 0 aliphatic heterocycles. The minimum Gasteiger partial charge on any atom is -0.382 e. The van der Waals surface area contributed by atoms with Gasteiger partial charge in [0.05, 0.1) is 17.2 Å². The summed E-state index contributed by atoms with van der Waals surface area (Å²) >= 11 is 1.66. The first-order valence-electron chi connectivity index (χ1n) is 7.69. The highest BCUT2D eigenvalue weighted by molar-refractivity contribution is 7.09. The molecule has 0 aliphatic carbocycles. The quantitative estimate of drug-likeness (QED) is 0.418. The number of hydrogen-bond acceptors (Lipinski definition) is 4. The van der Waals surface area contributed by atoms with Gasteiger partial charge in [-0.3, -0.25) is 0 Å². The maximum atomic E-state index is 5.34. The number of rotatable bonds is 9. The fourth-order valence-electron chi connectivity index (χ4n) is 1.65. The molecule has 0 aliphatic rings. The maximum Gasteiger partial charge on any atom is 0.191 e. The summed E-state index contributed by atoms with van der Waals surface area (Å²) in [6.45, 7) is 11.4. The van der Waals surface area contributed by atoms with E-state index in [1.807, 2.05) is 13.8 Å². The number of thiazole rings is 1. The highest BCUT2D eigenvalue weighted by Gasteiger charge is 2.04. The maximum absolute atomic E-state index is 5.34. The van der Waals surface area contributed by atoms with E-state index in [4.69, 9.17) is 4.74 Å². The molecule has 0 radical (unpaired) electrons. The van der Waals surface area contributed by atoms with E-state index < -0.39 is 0 Å². The summed E-state index contributed by atoms with van der Waals surface area (Å²) < 4.78 is 5.34. The third-order valence-electron chi connectivity index (χ3n) is 3.02. The molecule has 5 nitrogen and oxygen atoms in total. The Morgan fingerprint density at radius 3 is 2.90 bits per heavy atom. The summed E-state index contributed by atoms with van der Waals surface area (Å²) in [6.07, 6.45) is 2.04. The van der Waals surface area contributed by atoms with Gasteiger partial charge in [0.1, 0.15) is 0 Å². The molecule has 0 spiro atoms. The molecule has 0 unspecified atom stereocenters. The van der Waals surface area contributed by atoms with Gasteiger partial charge < -0.3 is 15.4 Å². The van der Waals surface area contributed by atoms with Crippen molar-refractivity contribution < 1.29 is 4.74 Å². The third-order valence-corrected chi connectivity index (χ3v) is 3.85. The van der Waals surface area contributed by atoms with Gasteiger partial charge in [0.2, 0.25) is 0 Å². The summed E-state index contributed by atoms with van der Waals surface area (Å²) in [5.74, 6) is 0.853. The van der Waals surface area contributed by atoms with Gasteiger partial charge in [0.15, 0.2) is 5.96 Å². The molecule has 0 aromatic carbocycles. The normalized spacial score (nSPS) is 13.2. The zero-order chi connectivity index (χ0) is 15.5. The van der Waals surface area contributed by atoms with Crippen LogP contribution in [-0.2, 0) is 11.3 Å². The summed E-state index contributed by atoms with van der Waals surface area (Å²) in [5, 5.41) is 9.91. The Balaban J connectivity index is 2.46. The number of nitrogens with one attached hydrogen (secondary N) is 2. The summed E-state index contributed by atoms with van der Waals surface area (Å²) in [4.78, 5) is 9.05. The van der Waals surface area contributed by atoms with Crippen LogP contribution in [0.15, 0.2) is 10.4 Å². The third kappa shape index (κ3) is 8.02. The van der Waals surface area contributed by atoms with Crippen molar-refractivity contribution in [2.24, 2.45) is 4.99 Å². The van der Waals surface area contributed by atoms with Gasteiger partial charge >= 0.3 is 0 Å². The molecule has 1 heterocycles. The van der Waals surface area contributed by atoms with Gasteiger partial charge in [-0.25, -0.2) is 9.98 Å². The van der Waals surface area contributed by atoms with Gasteiger partial charge in [-0.05, 0) is 33.6 Å². The minimum absolute atomic E-state index is 0.403. The predicted molar refractivity (Wildman–Crippen MR) is 90.0 cm³/mol. The lowest BCUT2D eigenvalue weighted by molar-refractivity contribution is 0.145. The topological polar surface area (TPSA) is 58.5 Å². The lowest BCUT2D eigenvalue weighted by Crippen LogP contribution is -2.42. The second kappa shape index (κ2) is 10.6. The monoisotopic (exact) mass is 312 g/mol. The highest BCUT2D eigenvalue weighted by atomic mass is 32.1. The van der Waals surface area contributed by atoms with Crippen molar-refractivity contribution >= 4 is 17.3 Å². The van der Waals surface area contributed by atoms with Crippen molar-refractivity contribution in [2.45, 2.75) is 53.1 Å². The van der Waals surface area contributed by atoms with Gasteiger partial charge in [-0.2, -0.15) is 0 Å². The van der Waals surface area contributed by atoms with Crippen molar-refractivity contribution in [3.05, 3.63) is 16.1 Å². The van der Waals surface area contributed by atoms with Crippen LogP contribution in [0.25, 0.3) is 0 Å². The second-order valence-electron chi connectivity index (χ2n) is 4.95. The molecule has 0 fully saturated rings. The molecule has 1 atom stereocenters. The highest BCUT2D eigenvalue weighted by Crippen LogP contribution is 2.08. The van der Waals surface area contributed by atoms with Gasteiger partial charge in [0.25, 0.3) is 0 Å². The number of hydrogen-bond donors (Lipinski definition) is 2. The van der Waals surface area contributed by atoms with E-state index in [2.05, 4.69) is 39.8 Å². The Hall–Kier alpha value is -1.14. The van der Waals surface area contributed by atoms with Crippen molar-refractivity contribution in [3.8, 4) is 0 Å². The molecule has 21 heavy (non-hydrogen) atoms. The lowest BCUT2D eigenvalue weighted by atomic mass is 10.3. The second-order valence-corrected chi connectivity index (χ2v) is 6.02. The Morgan fingerprint density at radius 1 is 1.48 bits per heavy atom. The number of ether oxygens (including phenoxy) is 1.